The third-order valence-electron chi connectivity index (χ3n) is 3.00. The number of carbonyl (C=O) groups is 1. The van der Waals surface area contributed by atoms with Crippen molar-refractivity contribution in [2.45, 2.75) is 26.7 Å². The molecular weight excluding hydrogens is 273 g/mol. The van der Waals surface area contributed by atoms with Gasteiger partial charge in [-0.05, 0) is 24.6 Å². The van der Waals surface area contributed by atoms with E-state index in [9.17, 15) is 14.3 Å². The molecule has 0 saturated heterocycles. The Bertz CT molecular complexity index is 687. The first kappa shape index (κ1) is 14.9. The normalized spacial score (nSPS) is 10.7. The predicted molar refractivity (Wildman–Crippen MR) is 77.5 cm³/mol. The van der Waals surface area contributed by atoms with Crippen LogP contribution in [0.15, 0.2) is 24.4 Å². The number of nitrogens with one attached hydrogen (secondary N) is 1. The lowest BCUT2D eigenvalue weighted by Gasteiger charge is -2.13. The zero-order chi connectivity index (χ0) is 15.6. The van der Waals surface area contributed by atoms with Gasteiger partial charge in [-0.2, -0.15) is 0 Å². The van der Waals surface area contributed by atoms with E-state index in [2.05, 4.69) is 15.3 Å². The summed E-state index contributed by atoms with van der Waals surface area (Å²) in [7, 11) is 0. The second-order valence-electron chi connectivity index (χ2n) is 5.03. The molecule has 6 heteroatoms. The maximum Gasteiger partial charge on any atom is 0.356 e. The van der Waals surface area contributed by atoms with Crippen molar-refractivity contribution in [3.63, 3.8) is 0 Å². The number of anilines is 2. The molecule has 1 heterocycles. The van der Waals surface area contributed by atoms with Gasteiger partial charge >= 0.3 is 5.97 Å². The molecule has 0 atom stereocenters. The van der Waals surface area contributed by atoms with E-state index in [4.69, 9.17) is 0 Å². The Morgan fingerprint density at radius 1 is 1.33 bits per heavy atom. The molecule has 0 unspecified atom stereocenters. The second kappa shape index (κ2) is 5.87. The molecule has 5 nitrogen and oxygen atoms in total. The molecule has 1 aromatic heterocycles. The molecule has 110 valence electrons. The largest absolute Gasteiger partial charge is 0.476 e. The first-order chi connectivity index (χ1) is 9.88. The highest BCUT2D eigenvalue weighted by molar-refractivity contribution is 5.92. The van der Waals surface area contributed by atoms with Gasteiger partial charge in [0.1, 0.15) is 11.6 Å². The first-order valence-corrected chi connectivity index (χ1v) is 6.52. The van der Waals surface area contributed by atoms with Crippen LogP contribution in [0.25, 0.3) is 0 Å². The molecule has 0 aliphatic carbocycles. The van der Waals surface area contributed by atoms with Gasteiger partial charge < -0.3 is 10.4 Å². The van der Waals surface area contributed by atoms with Crippen LogP contribution >= 0.6 is 0 Å². The number of aromatic nitrogens is 2. The highest BCUT2D eigenvalue weighted by Gasteiger charge is 2.16. The van der Waals surface area contributed by atoms with Crippen molar-refractivity contribution < 1.29 is 14.3 Å². The van der Waals surface area contributed by atoms with Crippen LogP contribution in [0.2, 0.25) is 0 Å². The molecule has 2 rings (SSSR count). The van der Waals surface area contributed by atoms with Gasteiger partial charge in [0, 0.05) is 11.6 Å². The summed E-state index contributed by atoms with van der Waals surface area (Å²) in [4.78, 5) is 19.5. The van der Waals surface area contributed by atoms with Crippen LogP contribution < -0.4 is 5.32 Å². The van der Waals surface area contributed by atoms with E-state index in [1.54, 1.807) is 13.0 Å². The average Bonchev–Trinajstić information content (AvgIpc) is 2.42. The molecule has 0 fully saturated rings. The fourth-order valence-corrected chi connectivity index (χ4v) is 1.80. The van der Waals surface area contributed by atoms with Crippen LogP contribution in [0.3, 0.4) is 0 Å². The summed E-state index contributed by atoms with van der Waals surface area (Å²) in [5, 5.41) is 12.2. The molecule has 0 amide bonds. The summed E-state index contributed by atoms with van der Waals surface area (Å²) in [6, 6.07) is 4.26. The van der Waals surface area contributed by atoms with E-state index in [1.807, 2.05) is 13.8 Å². The fraction of sp³-hybridized carbons (Fsp3) is 0.267. The molecule has 0 saturated carbocycles. The Morgan fingerprint density at radius 3 is 2.67 bits per heavy atom. The minimum absolute atomic E-state index is 0.0213. The zero-order valence-corrected chi connectivity index (χ0v) is 12.0. The van der Waals surface area contributed by atoms with Gasteiger partial charge in [0.2, 0.25) is 0 Å². The Labute approximate surface area is 121 Å². The van der Waals surface area contributed by atoms with Gasteiger partial charge in [-0.15, -0.1) is 0 Å². The molecule has 0 radical (unpaired) electrons. The number of carboxylic acids is 1. The van der Waals surface area contributed by atoms with Crippen LogP contribution in [0.1, 0.15) is 41.6 Å². The topological polar surface area (TPSA) is 75.1 Å². The maximum atomic E-state index is 13.3. The van der Waals surface area contributed by atoms with Gasteiger partial charge in [0.25, 0.3) is 0 Å². The van der Waals surface area contributed by atoms with Crippen molar-refractivity contribution in [2.24, 2.45) is 0 Å². The zero-order valence-electron chi connectivity index (χ0n) is 12.0. The van der Waals surface area contributed by atoms with Crippen LogP contribution in [0, 0.1) is 12.7 Å². The van der Waals surface area contributed by atoms with E-state index < -0.39 is 11.8 Å². The van der Waals surface area contributed by atoms with Gasteiger partial charge in [-0.1, -0.05) is 19.9 Å². The molecule has 21 heavy (non-hydrogen) atoms. The van der Waals surface area contributed by atoms with Crippen molar-refractivity contribution in [2.75, 3.05) is 5.32 Å². The standard InChI is InChI=1S/C15H16FN3O2/c1-8(2)14-17-7-12(13(19-14)15(20)21)18-11-6-10(16)5-4-9(11)3/h4-8,18H,1-3H3,(H,20,21). The van der Waals surface area contributed by atoms with E-state index in [0.717, 1.165) is 5.56 Å². The quantitative estimate of drug-likeness (QED) is 0.901. The highest BCUT2D eigenvalue weighted by Crippen LogP contribution is 2.24. The maximum absolute atomic E-state index is 13.3. The lowest BCUT2D eigenvalue weighted by atomic mass is 10.1. The third kappa shape index (κ3) is 3.34. The Balaban J connectivity index is 2.44. The van der Waals surface area contributed by atoms with Crippen molar-refractivity contribution in [1.29, 1.82) is 0 Å². The van der Waals surface area contributed by atoms with Crippen molar-refractivity contribution >= 4 is 17.3 Å². The van der Waals surface area contributed by atoms with Crippen LogP contribution in [0.4, 0.5) is 15.8 Å². The SMILES string of the molecule is Cc1ccc(F)cc1Nc1cnc(C(C)C)nc1C(=O)O. The number of hydrogen-bond donors (Lipinski definition) is 2. The highest BCUT2D eigenvalue weighted by atomic mass is 19.1. The molecule has 0 spiro atoms. The molecule has 2 N–H and O–H groups in total. The van der Waals surface area contributed by atoms with Gasteiger partial charge in [0.15, 0.2) is 5.69 Å². The van der Waals surface area contributed by atoms with Crippen LogP contribution in [-0.2, 0) is 0 Å². The molecule has 0 aliphatic rings. The third-order valence-corrected chi connectivity index (χ3v) is 3.00. The minimum Gasteiger partial charge on any atom is -0.476 e. The van der Waals surface area contributed by atoms with Gasteiger partial charge in [-0.25, -0.2) is 19.2 Å². The van der Waals surface area contributed by atoms with Crippen LogP contribution in [0.5, 0.6) is 0 Å². The summed E-state index contributed by atoms with van der Waals surface area (Å²) in [5.41, 5.74) is 1.39. The summed E-state index contributed by atoms with van der Waals surface area (Å²) < 4.78 is 13.3. The van der Waals surface area contributed by atoms with E-state index in [-0.39, 0.29) is 17.3 Å². The average molecular weight is 289 g/mol. The van der Waals surface area contributed by atoms with E-state index >= 15 is 0 Å². The summed E-state index contributed by atoms with van der Waals surface area (Å²) in [5.74, 6) is -1.09. The van der Waals surface area contributed by atoms with Gasteiger partial charge in [0.05, 0.1) is 11.9 Å². The number of nitrogens with zero attached hydrogens (tertiary/aromatic N) is 2. The number of aryl methyl sites for hydroxylation is 1. The molecule has 0 aliphatic heterocycles. The predicted octanol–water partition coefficient (Wildman–Crippen LogP) is 3.49. The minimum atomic E-state index is -1.16. The fourth-order valence-electron chi connectivity index (χ4n) is 1.80. The summed E-state index contributed by atoms with van der Waals surface area (Å²) >= 11 is 0. The van der Waals surface area contributed by atoms with Crippen molar-refractivity contribution in [3.05, 3.63) is 47.3 Å². The molecule has 0 bridgehead atoms. The number of carboxylic acid groups (broad SMARTS) is 1. The molecule has 1 aromatic carbocycles. The van der Waals surface area contributed by atoms with Crippen molar-refractivity contribution in [3.8, 4) is 0 Å². The van der Waals surface area contributed by atoms with Crippen LogP contribution in [-0.4, -0.2) is 21.0 Å². The Hall–Kier alpha value is -2.50. The number of hydrogen-bond acceptors (Lipinski definition) is 4. The Morgan fingerprint density at radius 2 is 2.05 bits per heavy atom. The van der Waals surface area contributed by atoms with E-state index in [1.165, 1.54) is 18.3 Å². The second-order valence-corrected chi connectivity index (χ2v) is 5.03. The lowest BCUT2D eigenvalue weighted by molar-refractivity contribution is 0.0691. The van der Waals surface area contributed by atoms with Crippen molar-refractivity contribution in [1.82, 2.24) is 9.97 Å². The number of benzene rings is 1. The smallest absolute Gasteiger partial charge is 0.356 e. The van der Waals surface area contributed by atoms with E-state index in [0.29, 0.717) is 11.5 Å². The number of halogens is 1. The van der Waals surface area contributed by atoms with Gasteiger partial charge in [-0.3, -0.25) is 0 Å². The lowest BCUT2D eigenvalue weighted by Crippen LogP contribution is -2.10. The summed E-state index contributed by atoms with van der Waals surface area (Å²) in [6.07, 6.45) is 1.41. The first-order valence-electron chi connectivity index (χ1n) is 6.52. The Kier molecular flexibility index (Phi) is 4.16. The number of rotatable bonds is 4. The molecular formula is C15H16FN3O2. The summed E-state index contributed by atoms with van der Waals surface area (Å²) in [6.45, 7) is 5.56. The number of aromatic carboxylic acids is 1. The molecule has 2 aromatic rings. The monoisotopic (exact) mass is 289 g/mol.